The SMILES string of the molecule is CNCCNC(=O)c1ccc([Si](C)(C)O)cc1. The summed E-state index contributed by atoms with van der Waals surface area (Å²) in [5.74, 6) is -0.0794. The van der Waals surface area contributed by atoms with Gasteiger partial charge in [0, 0.05) is 18.7 Å². The number of hydrogen-bond donors (Lipinski definition) is 3. The normalized spacial score (nSPS) is 11.3. The molecule has 3 N–H and O–H groups in total. The van der Waals surface area contributed by atoms with Crippen LogP contribution in [0.1, 0.15) is 10.4 Å². The van der Waals surface area contributed by atoms with Crippen molar-refractivity contribution in [1.82, 2.24) is 10.6 Å². The standard InChI is InChI=1S/C12H20N2O2Si/c1-13-8-9-14-12(15)10-4-6-11(7-5-10)17(2,3)16/h4-7,13,16H,8-9H2,1-3H3,(H,14,15). The summed E-state index contributed by atoms with van der Waals surface area (Å²) in [6.45, 7) is 5.07. The fourth-order valence-corrected chi connectivity index (χ4v) is 2.41. The van der Waals surface area contributed by atoms with Gasteiger partial charge < -0.3 is 15.4 Å². The van der Waals surface area contributed by atoms with Gasteiger partial charge in [-0.2, -0.15) is 0 Å². The van der Waals surface area contributed by atoms with E-state index in [-0.39, 0.29) is 5.91 Å². The highest BCUT2D eigenvalue weighted by Gasteiger charge is 2.19. The van der Waals surface area contributed by atoms with Gasteiger partial charge in [-0.05, 0) is 37.5 Å². The first kappa shape index (κ1) is 13.9. The van der Waals surface area contributed by atoms with Crippen molar-refractivity contribution in [3.8, 4) is 0 Å². The lowest BCUT2D eigenvalue weighted by atomic mass is 10.2. The maximum atomic E-state index is 11.7. The number of benzene rings is 1. The zero-order valence-corrected chi connectivity index (χ0v) is 11.6. The average molecular weight is 252 g/mol. The first-order valence-corrected chi connectivity index (χ1v) is 8.65. The van der Waals surface area contributed by atoms with Crippen LogP contribution in [0.15, 0.2) is 24.3 Å². The number of nitrogens with one attached hydrogen (secondary N) is 2. The van der Waals surface area contributed by atoms with E-state index < -0.39 is 8.32 Å². The molecule has 1 aromatic carbocycles. The van der Waals surface area contributed by atoms with Crippen LogP contribution in [0.3, 0.4) is 0 Å². The third-order valence-corrected chi connectivity index (χ3v) is 4.26. The Kier molecular flexibility index (Phi) is 4.86. The molecule has 0 bridgehead atoms. The van der Waals surface area contributed by atoms with E-state index in [1.807, 2.05) is 32.3 Å². The van der Waals surface area contributed by atoms with Gasteiger partial charge in [-0.15, -0.1) is 0 Å². The van der Waals surface area contributed by atoms with Gasteiger partial charge in [-0.1, -0.05) is 12.1 Å². The van der Waals surface area contributed by atoms with E-state index in [0.29, 0.717) is 12.1 Å². The van der Waals surface area contributed by atoms with E-state index >= 15 is 0 Å². The van der Waals surface area contributed by atoms with Crippen LogP contribution in [-0.4, -0.2) is 39.2 Å². The van der Waals surface area contributed by atoms with Crippen LogP contribution < -0.4 is 15.8 Å². The van der Waals surface area contributed by atoms with Crippen LogP contribution in [0.4, 0.5) is 0 Å². The van der Waals surface area contributed by atoms with Gasteiger partial charge in [-0.3, -0.25) is 4.79 Å². The van der Waals surface area contributed by atoms with E-state index in [1.54, 1.807) is 12.1 Å². The van der Waals surface area contributed by atoms with Crippen LogP contribution in [0.5, 0.6) is 0 Å². The number of carbonyl (C=O) groups excluding carboxylic acids is 1. The molecule has 1 amide bonds. The lowest BCUT2D eigenvalue weighted by Crippen LogP contribution is -2.41. The van der Waals surface area contributed by atoms with E-state index in [9.17, 15) is 9.59 Å². The van der Waals surface area contributed by atoms with Gasteiger partial charge in [0.25, 0.3) is 5.91 Å². The Morgan fingerprint density at radius 1 is 1.24 bits per heavy atom. The molecule has 0 radical (unpaired) electrons. The number of hydrogen-bond acceptors (Lipinski definition) is 3. The third-order valence-electron chi connectivity index (χ3n) is 2.51. The summed E-state index contributed by atoms with van der Waals surface area (Å²) in [5, 5.41) is 6.70. The highest BCUT2D eigenvalue weighted by atomic mass is 28.4. The van der Waals surface area contributed by atoms with Crippen LogP contribution >= 0.6 is 0 Å². The Hall–Kier alpha value is -1.17. The van der Waals surface area contributed by atoms with Gasteiger partial charge in [0.05, 0.1) is 0 Å². The number of rotatable bonds is 5. The molecule has 17 heavy (non-hydrogen) atoms. The predicted octanol–water partition coefficient (Wildman–Crippen LogP) is 0.0402. The van der Waals surface area contributed by atoms with Crippen molar-refractivity contribution in [2.45, 2.75) is 13.1 Å². The molecule has 0 aliphatic rings. The highest BCUT2D eigenvalue weighted by molar-refractivity contribution is 6.83. The largest absolute Gasteiger partial charge is 0.428 e. The molecule has 0 fully saturated rings. The minimum Gasteiger partial charge on any atom is -0.428 e. The fraction of sp³-hybridized carbons (Fsp3) is 0.417. The maximum Gasteiger partial charge on any atom is 0.251 e. The van der Waals surface area contributed by atoms with E-state index in [0.717, 1.165) is 11.7 Å². The van der Waals surface area contributed by atoms with Crippen molar-refractivity contribution in [1.29, 1.82) is 0 Å². The minimum absolute atomic E-state index is 0.0794. The first-order chi connectivity index (χ1) is 7.95. The Balaban J connectivity index is 2.64. The number of carbonyl (C=O) groups is 1. The molecular weight excluding hydrogens is 232 g/mol. The summed E-state index contributed by atoms with van der Waals surface area (Å²) >= 11 is 0. The van der Waals surface area contributed by atoms with Gasteiger partial charge in [0.2, 0.25) is 8.32 Å². The molecule has 1 rings (SSSR count). The van der Waals surface area contributed by atoms with Gasteiger partial charge in [-0.25, -0.2) is 0 Å². The molecule has 0 aliphatic heterocycles. The minimum atomic E-state index is -2.26. The molecule has 94 valence electrons. The van der Waals surface area contributed by atoms with Crippen LogP contribution in [0.2, 0.25) is 13.1 Å². The summed E-state index contributed by atoms with van der Waals surface area (Å²) < 4.78 is 0. The zero-order valence-electron chi connectivity index (χ0n) is 10.6. The zero-order chi connectivity index (χ0) is 12.9. The molecule has 0 saturated heterocycles. The Morgan fingerprint density at radius 2 is 1.82 bits per heavy atom. The van der Waals surface area contributed by atoms with Gasteiger partial charge in [0.15, 0.2) is 0 Å². The summed E-state index contributed by atoms with van der Waals surface area (Å²) in [6, 6.07) is 7.18. The Bertz CT molecular complexity index is 371. The number of likely N-dealkylation sites (N-methyl/N-ethyl adjacent to an activating group) is 1. The monoisotopic (exact) mass is 252 g/mol. The smallest absolute Gasteiger partial charge is 0.251 e. The van der Waals surface area contributed by atoms with E-state index in [2.05, 4.69) is 10.6 Å². The summed E-state index contributed by atoms with van der Waals surface area (Å²) in [4.78, 5) is 21.6. The molecular formula is C12H20N2O2Si. The summed E-state index contributed by atoms with van der Waals surface area (Å²) in [7, 11) is -0.422. The van der Waals surface area contributed by atoms with Crippen LogP contribution in [0.25, 0.3) is 0 Å². The van der Waals surface area contributed by atoms with Crippen molar-refractivity contribution in [3.63, 3.8) is 0 Å². The molecule has 0 saturated carbocycles. The van der Waals surface area contributed by atoms with Crippen LogP contribution in [-0.2, 0) is 0 Å². The van der Waals surface area contributed by atoms with Crippen molar-refractivity contribution in [2.75, 3.05) is 20.1 Å². The fourth-order valence-electron chi connectivity index (χ4n) is 1.43. The van der Waals surface area contributed by atoms with Gasteiger partial charge in [0.1, 0.15) is 0 Å². The second-order valence-electron chi connectivity index (χ2n) is 4.50. The Morgan fingerprint density at radius 3 is 2.29 bits per heavy atom. The quantitative estimate of drug-likeness (QED) is 0.512. The first-order valence-electron chi connectivity index (χ1n) is 5.71. The number of amides is 1. The second-order valence-corrected chi connectivity index (χ2v) is 8.19. The molecule has 0 heterocycles. The van der Waals surface area contributed by atoms with Gasteiger partial charge >= 0.3 is 0 Å². The maximum absolute atomic E-state index is 11.7. The predicted molar refractivity (Wildman–Crippen MR) is 72.0 cm³/mol. The van der Waals surface area contributed by atoms with Crippen molar-refractivity contribution < 1.29 is 9.59 Å². The second kappa shape index (κ2) is 5.95. The Labute approximate surface area is 103 Å². The molecule has 0 unspecified atom stereocenters. The molecule has 4 nitrogen and oxygen atoms in total. The topological polar surface area (TPSA) is 61.4 Å². The molecule has 1 aromatic rings. The summed E-state index contributed by atoms with van der Waals surface area (Å²) in [6.07, 6.45) is 0. The molecule has 5 heteroatoms. The van der Waals surface area contributed by atoms with E-state index in [1.165, 1.54) is 0 Å². The molecule has 0 spiro atoms. The van der Waals surface area contributed by atoms with Crippen molar-refractivity contribution in [2.24, 2.45) is 0 Å². The third kappa shape index (κ3) is 4.30. The lowest BCUT2D eigenvalue weighted by Gasteiger charge is -2.14. The average Bonchev–Trinajstić information content (AvgIpc) is 2.28. The van der Waals surface area contributed by atoms with Crippen LogP contribution in [0, 0.1) is 0 Å². The van der Waals surface area contributed by atoms with Crippen molar-refractivity contribution in [3.05, 3.63) is 29.8 Å². The molecule has 0 atom stereocenters. The molecule has 0 aromatic heterocycles. The lowest BCUT2D eigenvalue weighted by molar-refractivity contribution is 0.0954. The van der Waals surface area contributed by atoms with E-state index in [4.69, 9.17) is 0 Å². The van der Waals surface area contributed by atoms with Crippen molar-refractivity contribution >= 4 is 19.4 Å². The highest BCUT2D eigenvalue weighted by Crippen LogP contribution is 2.02. The molecule has 0 aliphatic carbocycles. The summed E-state index contributed by atoms with van der Waals surface area (Å²) in [5.41, 5.74) is 0.628.